The first-order chi connectivity index (χ1) is 16.7. The Kier molecular flexibility index (Phi) is 6.67. The van der Waals surface area contributed by atoms with Crippen LogP contribution in [0.5, 0.6) is 0 Å². The molecule has 3 nitrogen and oxygen atoms in total. The van der Waals surface area contributed by atoms with E-state index in [1.54, 1.807) is 17.5 Å². The van der Waals surface area contributed by atoms with Crippen molar-refractivity contribution in [3.8, 4) is 16.6 Å². The summed E-state index contributed by atoms with van der Waals surface area (Å²) >= 11 is 1.10. The standard InChI is InChI=1S/C26H15F5N2OS/c27-19-9-8-18(22(28)11-19)14-33-23(12-21(26(29,30)31)20(13-32)25(33)34)24-10-17(15-35-24)7-6-16-4-2-1-3-5-16/h1-12,15H,14H2/b7-6+. The van der Waals surface area contributed by atoms with Crippen molar-refractivity contribution in [3.63, 3.8) is 0 Å². The number of benzene rings is 2. The fraction of sp³-hybridized carbons (Fsp3) is 0.0769. The number of nitriles is 1. The molecule has 0 saturated heterocycles. The van der Waals surface area contributed by atoms with Crippen LogP contribution in [-0.2, 0) is 12.7 Å². The molecule has 0 unspecified atom stereocenters. The lowest BCUT2D eigenvalue weighted by Gasteiger charge is -2.17. The quantitative estimate of drug-likeness (QED) is 0.279. The fourth-order valence-corrected chi connectivity index (χ4v) is 4.39. The van der Waals surface area contributed by atoms with Crippen LogP contribution in [0.25, 0.3) is 22.7 Å². The minimum Gasteiger partial charge on any atom is -0.302 e. The van der Waals surface area contributed by atoms with Crippen LogP contribution < -0.4 is 5.56 Å². The molecule has 0 spiro atoms. The summed E-state index contributed by atoms with van der Waals surface area (Å²) in [6.07, 6.45) is -1.36. The number of hydrogen-bond acceptors (Lipinski definition) is 3. The van der Waals surface area contributed by atoms with Crippen LogP contribution in [0, 0.1) is 23.0 Å². The average Bonchev–Trinajstić information content (AvgIpc) is 3.29. The topological polar surface area (TPSA) is 45.8 Å². The molecule has 0 saturated carbocycles. The molecular weight excluding hydrogens is 483 g/mol. The van der Waals surface area contributed by atoms with Gasteiger partial charge < -0.3 is 4.57 Å². The van der Waals surface area contributed by atoms with Crippen LogP contribution in [0.2, 0.25) is 0 Å². The van der Waals surface area contributed by atoms with Gasteiger partial charge in [-0.25, -0.2) is 8.78 Å². The Bertz CT molecular complexity index is 1510. The maximum atomic E-state index is 14.3. The van der Waals surface area contributed by atoms with E-state index in [2.05, 4.69) is 0 Å². The van der Waals surface area contributed by atoms with Gasteiger partial charge in [-0.3, -0.25) is 4.79 Å². The minimum absolute atomic E-state index is 0.112. The van der Waals surface area contributed by atoms with Crippen molar-refractivity contribution < 1.29 is 22.0 Å². The molecule has 4 rings (SSSR count). The summed E-state index contributed by atoms with van der Waals surface area (Å²) in [7, 11) is 0. The van der Waals surface area contributed by atoms with E-state index in [0.29, 0.717) is 16.5 Å². The highest BCUT2D eigenvalue weighted by Crippen LogP contribution is 2.36. The van der Waals surface area contributed by atoms with Crippen molar-refractivity contribution in [2.45, 2.75) is 12.7 Å². The molecule has 0 bridgehead atoms. The smallest absolute Gasteiger partial charge is 0.302 e. The van der Waals surface area contributed by atoms with Crippen molar-refractivity contribution in [3.05, 3.63) is 116 Å². The Morgan fingerprint density at radius 2 is 1.69 bits per heavy atom. The molecule has 0 aliphatic heterocycles. The molecule has 2 aromatic carbocycles. The van der Waals surface area contributed by atoms with E-state index < -0.39 is 41.0 Å². The predicted octanol–water partition coefficient (Wildman–Crippen LogP) is 6.96. The van der Waals surface area contributed by atoms with Crippen LogP contribution in [0.1, 0.15) is 27.8 Å². The van der Waals surface area contributed by atoms with Gasteiger partial charge in [0.25, 0.3) is 5.56 Å². The van der Waals surface area contributed by atoms with Crippen molar-refractivity contribution in [1.29, 1.82) is 5.26 Å². The van der Waals surface area contributed by atoms with Crippen LogP contribution in [0.15, 0.2) is 70.8 Å². The van der Waals surface area contributed by atoms with Crippen LogP contribution in [-0.4, -0.2) is 4.57 Å². The van der Waals surface area contributed by atoms with Gasteiger partial charge in [-0.1, -0.05) is 48.6 Å². The van der Waals surface area contributed by atoms with E-state index in [1.165, 1.54) is 6.07 Å². The summed E-state index contributed by atoms with van der Waals surface area (Å²) in [4.78, 5) is 13.3. The first-order valence-corrected chi connectivity index (χ1v) is 11.1. The lowest BCUT2D eigenvalue weighted by atomic mass is 10.1. The lowest BCUT2D eigenvalue weighted by molar-refractivity contribution is -0.137. The highest BCUT2D eigenvalue weighted by molar-refractivity contribution is 7.13. The van der Waals surface area contributed by atoms with Gasteiger partial charge in [-0.05, 0) is 34.7 Å². The van der Waals surface area contributed by atoms with E-state index in [9.17, 15) is 32.0 Å². The predicted molar refractivity (Wildman–Crippen MR) is 125 cm³/mol. The number of rotatable bonds is 5. The highest BCUT2D eigenvalue weighted by atomic mass is 32.1. The molecule has 2 heterocycles. The number of alkyl halides is 3. The van der Waals surface area contributed by atoms with Crippen molar-refractivity contribution >= 4 is 23.5 Å². The van der Waals surface area contributed by atoms with Crippen LogP contribution in [0.4, 0.5) is 22.0 Å². The summed E-state index contributed by atoms with van der Waals surface area (Å²) in [5.41, 5.74) is -2.32. The fourth-order valence-electron chi connectivity index (χ4n) is 3.49. The number of nitrogens with zero attached hydrogens (tertiary/aromatic N) is 2. The number of hydrogen-bond donors (Lipinski definition) is 0. The maximum Gasteiger partial charge on any atom is 0.417 e. The molecule has 9 heteroatoms. The minimum atomic E-state index is -4.95. The lowest BCUT2D eigenvalue weighted by Crippen LogP contribution is -2.28. The Hall–Kier alpha value is -4.03. The molecule has 176 valence electrons. The van der Waals surface area contributed by atoms with Gasteiger partial charge in [0.15, 0.2) is 0 Å². The second kappa shape index (κ2) is 9.68. The van der Waals surface area contributed by atoms with Gasteiger partial charge in [0.2, 0.25) is 0 Å². The van der Waals surface area contributed by atoms with Gasteiger partial charge in [-0.15, -0.1) is 11.3 Å². The van der Waals surface area contributed by atoms with Gasteiger partial charge in [0.05, 0.1) is 22.7 Å². The normalized spacial score (nSPS) is 11.7. The van der Waals surface area contributed by atoms with E-state index in [-0.39, 0.29) is 11.3 Å². The average molecular weight is 498 g/mol. The largest absolute Gasteiger partial charge is 0.417 e. The molecule has 2 aromatic heterocycles. The summed E-state index contributed by atoms with van der Waals surface area (Å²) in [6, 6.07) is 15.7. The molecule has 0 atom stereocenters. The third kappa shape index (κ3) is 5.23. The molecule has 0 amide bonds. The first kappa shape index (κ1) is 24.1. The molecule has 0 N–H and O–H groups in total. The molecule has 0 radical (unpaired) electrons. The third-order valence-corrected chi connectivity index (χ3v) is 6.17. The summed E-state index contributed by atoms with van der Waals surface area (Å²) in [6.45, 7) is -0.486. The zero-order chi connectivity index (χ0) is 25.2. The Balaban J connectivity index is 1.86. The second-order valence-corrected chi connectivity index (χ2v) is 8.45. The molecule has 0 aliphatic rings. The highest BCUT2D eigenvalue weighted by Gasteiger charge is 2.36. The molecule has 0 aliphatic carbocycles. The van der Waals surface area contributed by atoms with Gasteiger partial charge in [-0.2, -0.15) is 18.4 Å². The number of pyridine rings is 1. The van der Waals surface area contributed by atoms with Gasteiger partial charge in [0, 0.05) is 11.6 Å². The van der Waals surface area contributed by atoms with Gasteiger partial charge in [0.1, 0.15) is 23.3 Å². The monoisotopic (exact) mass is 498 g/mol. The van der Waals surface area contributed by atoms with Crippen molar-refractivity contribution in [2.24, 2.45) is 0 Å². The van der Waals surface area contributed by atoms with E-state index in [4.69, 9.17) is 0 Å². The van der Waals surface area contributed by atoms with Crippen molar-refractivity contribution in [2.75, 3.05) is 0 Å². The molecular formula is C26H15F5N2OS. The van der Waals surface area contributed by atoms with E-state index in [1.807, 2.05) is 36.4 Å². The SMILES string of the molecule is N#Cc1c(C(F)(F)F)cc(-c2cc(/C=C/c3ccccc3)cs2)n(Cc2ccc(F)cc2F)c1=O. The Morgan fingerprint density at radius 3 is 2.34 bits per heavy atom. The summed E-state index contributed by atoms with van der Waals surface area (Å²) < 4.78 is 69.6. The summed E-state index contributed by atoms with van der Waals surface area (Å²) in [5, 5.41) is 11.0. The Morgan fingerprint density at radius 1 is 0.971 bits per heavy atom. The van der Waals surface area contributed by atoms with Crippen LogP contribution in [0.3, 0.4) is 0 Å². The number of thiophene rings is 1. The molecule has 0 fully saturated rings. The molecule has 4 aromatic rings. The zero-order valence-corrected chi connectivity index (χ0v) is 18.6. The van der Waals surface area contributed by atoms with E-state index >= 15 is 0 Å². The number of aromatic nitrogens is 1. The number of halogens is 5. The third-order valence-electron chi connectivity index (χ3n) is 5.20. The maximum absolute atomic E-state index is 14.3. The summed E-state index contributed by atoms with van der Waals surface area (Å²) in [5.74, 6) is -1.80. The van der Waals surface area contributed by atoms with Gasteiger partial charge >= 0.3 is 6.18 Å². The molecule has 35 heavy (non-hydrogen) atoms. The van der Waals surface area contributed by atoms with E-state index in [0.717, 1.165) is 39.7 Å². The first-order valence-electron chi connectivity index (χ1n) is 10.2. The second-order valence-electron chi connectivity index (χ2n) is 7.54. The zero-order valence-electron chi connectivity index (χ0n) is 17.8. The van der Waals surface area contributed by atoms with Crippen LogP contribution >= 0.6 is 11.3 Å². The Labute approximate surface area is 200 Å². The van der Waals surface area contributed by atoms with Crippen molar-refractivity contribution in [1.82, 2.24) is 4.57 Å².